The van der Waals surface area contributed by atoms with Crippen molar-refractivity contribution in [3.05, 3.63) is 35.4 Å². The quantitative estimate of drug-likeness (QED) is 0.724. The Morgan fingerprint density at radius 3 is 2.50 bits per heavy atom. The van der Waals surface area contributed by atoms with Gasteiger partial charge in [-0.25, -0.2) is 0 Å². The molecule has 0 aliphatic rings. The summed E-state index contributed by atoms with van der Waals surface area (Å²) in [5.41, 5.74) is 2.45. The zero-order chi connectivity index (χ0) is 12.0. The minimum Gasteiger partial charge on any atom is -0.345 e. The lowest BCUT2D eigenvalue weighted by molar-refractivity contribution is -0.129. The van der Waals surface area contributed by atoms with Gasteiger partial charge in [0.1, 0.15) is 0 Å². The van der Waals surface area contributed by atoms with Gasteiger partial charge in [0, 0.05) is 25.9 Å². The Balaban J connectivity index is 2.39. The second-order valence-electron chi connectivity index (χ2n) is 3.99. The largest absolute Gasteiger partial charge is 0.345 e. The molecule has 2 nitrogen and oxygen atoms in total. The molecular weight excluding hydrogens is 222 g/mol. The van der Waals surface area contributed by atoms with E-state index >= 15 is 0 Å². The molecular formula is C13H18ClNO. The van der Waals surface area contributed by atoms with E-state index in [0.717, 1.165) is 6.42 Å². The van der Waals surface area contributed by atoms with E-state index in [0.29, 0.717) is 18.8 Å². The van der Waals surface area contributed by atoms with Crippen LogP contribution in [0.15, 0.2) is 24.3 Å². The van der Waals surface area contributed by atoms with E-state index in [9.17, 15) is 4.79 Å². The number of benzene rings is 1. The van der Waals surface area contributed by atoms with Crippen LogP contribution in [-0.2, 0) is 11.2 Å². The molecule has 0 fully saturated rings. The maximum atomic E-state index is 11.6. The molecule has 1 amide bonds. The Morgan fingerprint density at radius 2 is 1.94 bits per heavy atom. The fourth-order valence-electron chi connectivity index (χ4n) is 1.45. The van der Waals surface area contributed by atoms with Gasteiger partial charge in [-0.15, -0.1) is 11.6 Å². The van der Waals surface area contributed by atoms with E-state index in [2.05, 4.69) is 31.2 Å². The Labute approximate surface area is 102 Å². The van der Waals surface area contributed by atoms with E-state index in [4.69, 9.17) is 11.6 Å². The van der Waals surface area contributed by atoms with Crippen LogP contribution >= 0.6 is 11.6 Å². The van der Waals surface area contributed by atoms with E-state index in [-0.39, 0.29) is 5.91 Å². The maximum Gasteiger partial charge on any atom is 0.222 e. The van der Waals surface area contributed by atoms with Crippen LogP contribution in [-0.4, -0.2) is 30.3 Å². The molecule has 16 heavy (non-hydrogen) atoms. The molecule has 88 valence electrons. The SMILES string of the molecule is Cc1ccc(CCC(=O)N(C)CCCl)cc1. The van der Waals surface area contributed by atoms with Gasteiger partial charge in [0.05, 0.1) is 0 Å². The van der Waals surface area contributed by atoms with Gasteiger partial charge >= 0.3 is 0 Å². The van der Waals surface area contributed by atoms with Crippen molar-refractivity contribution in [2.45, 2.75) is 19.8 Å². The van der Waals surface area contributed by atoms with Gasteiger partial charge < -0.3 is 4.90 Å². The number of carbonyl (C=O) groups excluding carboxylic acids is 1. The molecule has 0 aliphatic heterocycles. The summed E-state index contributed by atoms with van der Waals surface area (Å²) in [4.78, 5) is 13.3. The van der Waals surface area contributed by atoms with Crippen molar-refractivity contribution in [2.24, 2.45) is 0 Å². The first-order valence-electron chi connectivity index (χ1n) is 5.49. The molecule has 0 aliphatic carbocycles. The summed E-state index contributed by atoms with van der Waals surface area (Å²) < 4.78 is 0. The van der Waals surface area contributed by atoms with Crippen LogP contribution in [0.25, 0.3) is 0 Å². The molecule has 1 rings (SSSR count). The highest BCUT2D eigenvalue weighted by atomic mass is 35.5. The zero-order valence-corrected chi connectivity index (χ0v) is 10.6. The third-order valence-electron chi connectivity index (χ3n) is 2.59. The predicted octanol–water partition coefficient (Wildman–Crippen LogP) is 2.62. The van der Waals surface area contributed by atoms with Crippen molar-refractivity contribution in [2.75, 3.05) is 19.5 Å². The first-order valence-corrected chi connectivity index (χ1v) is 6.02. The molecule has 1 aromatic carbocycles. The molecule has 0 heterocycles. The summed E-state index contributed by atoms with van der Waals surface area (Å²) in [7, 11) is 1.79. The summed E-state index contributed by atoms with van der Waals surface area (Å²) in [6.07, 6.45) is 1.35. The average molecular weight is 240 g/mol. The molecule has 0 spiro atoms. The topological polar surface area (TPSA) is 20.3 Å². The summed E-state index contributed by atoms with van der Waals surface area (Å²) in [5, 5.41) is 0. The highest BCUT2D eigenvalue weighted by Crippen LogP contribution is 2.06. The molecule has 0 aromatic heterocycles. The number of aryl methyl sites for hydroxylation is 2. The minimum atomic E-state index is 0.154. The monoisotopic (exact) mass is 239 g/mol. The second-order valence-corrected chi connectivity index (χ2v) is 4.37. The van der Waals surface area contributed by atoms with Crippen LogP contribution in [0.4, 0.5) is 0 Å². The van der Waals surface area contributed by atoms with Crippen LogP contribution in [0.1, 0.15) is 17.5 Å². The van der Waals surface area contributed by atoms with Crippen molar-refractivity contribution < 1.29 is 4.79 Å². The Kier molecular flexibility index (Phi) is 5.33. The first-order chi connectivity index (χ1) is 7.63. The number of hydrogen-bond donors (Lipinski definition) is 0. The summed E-state index contributed by atoms with van der Waals surface area (Å²) >= 11 is 5.58. The fourth-order valence-corrected chi connectivity index (χ4v) is 1.70. The van der Waals surface area contributed by atoms with Gasteiger partial charge in [0.2, 0.25) is 5.91 Å². The van der Waals surface area contributed by atoms with E-state index in [1.165, 1.54) is 11.1 Å². The molecule has 0 bridgehead atoms. The van der Waals surface area contributed by atoms with Gasteiger partial charge in [-0.05, 0) is 18.9 Å². The lowest BCUT2D eigenvalue weighted by Gasteiger charge is -2.15. The maximum absolute atomic E-state index is 11.6. The number of rotatable bonds is 5. The summed E-state index contributed by atoms with van der Waals surface area (Å²) in [5.74, 6) is 0.647. The van der Waals surface area contributed by atoms with Gasteiger partial charge in [-0.2, -0.15) is 0 Å². The van der Waals surface area contributed by atoms with E-state index < -0.39 is 0 Å². The van der Waals surface area contributed by atoms with Gasteiger partial charge in [-0.3, -0.25) is 4.79 Å². The third-order valence-corrected chi connectivity index (χ3v) is 2.76. The minimum absolute atomic E-state index is 0.154. The highest BCUT2D eigenvalue weighted by molar-refractivity contribution is 6.18. The van der Waals surface area contributed by atoms with Gasteiger partial charge in [0.25, 0.3) is 0 Å². The molecule has 0 atom stereocenters. The van der Waals surface area contributed by atoms with E-state index in [1.807, 2.05) is 0 Å². The number of halogens is 1. The van der Waals surface area contributed by atoms with Crippen molar-refractivity contribution in [3.63, 3.8) is 0 Å². The smallest absolute Gasteiger partial charge is 0.222 e. The predicted molar refractivity (Wildman–Crippen MR) is 67.9 cm³/mol. The normalized spacial score (nSPS) is 10.2. The standard InChI is InChI=1S/C13H18ClNO/c1-11-3-5-12(6-4-11)7-8-13(16)15(2)10-9-14/h3-6H,7-10H2,1-2H3. The summed E-state index contributed by atoms with van der Waals surface area (Å²) in [6.45, 7) is 2.68. The van der Waals surface area contributed by atoms with Crippen LogP contribution in [0.5, 0.6) is 0 Å². The Bertz CT molecular complexity index is 334. The average Bonchev–Trinajstić information content (AvgIpc) is 2.28. The van der Waals surface area contributed by atoms with Crippen molar-refractivity contribution in [3.8, 4) is 0 Å². The lowest BCUT2D eigenvalue weighted by atomic mass is 10.1. The number of alkyl halides is 1. The highest BCUT2D eigenvalue weighted by Gasteiger charge is 2.07. The molecule has 1 aromatic rings. The fraction of sp³-hybridized carbons (Fsp3) is 0.462. The van der Waals surface area contributed by atoms with Crippen molar-refractivity contribution >= 4 is 17.5 Å². The number of nitrogens with zero attached hydrogens (tertiary/aromatic N) is 1. The first kappa shape index (κ1) is 13.0. The van der Waals surface area contributed by atoms with Crippen LogP contribution < -0.4 is 0 Å². The summed E-state index contributed by atoms with van der Waals surface area (Å²) in [6, 6.07) is 8.29. The van der Waals surface area contributed by atoms with Crippen molar-refractivity contribution in [1.29, 1.82) is 0 Å². The molecule has 0 N–H and O–H groups in total. The lowest BCUT2D eigenvalue weighted by Crippen LogP contribution is -2.28. The van der Waals surface area contributed by atoms with Gasteiger partial charge in [-0.1, -0.05) is 29.8 Å². The Morgan fingerprint density at radius 1 is 1.31 bits per heavy atom. The molecule has 0 saturated heterocycles. The van der Waals surface area contributed by atoms with Crippen LogP contribution in [0.3, 0.4) is 0 Å². The van der Waals surface area contributed by atoms with Gasteiger partial charge in [0.15, 0.2) is 0 Å². The molecule has 0 unspecified atom stereocenters. The van der Waals surface area contributed by atoms with Crippen LogP contribution in [0.2, 0.25) is 0 Å². The van der Waals surface area contributed by atoms with E-state index in [1.54, 1.807) is 11.9 Å². The number of amides is 1. The molecule has 0 saturated carbocycles. The second kappa shape index (κ2) is 6.54. The van der Waals surface area contributed by atoms with Crippen molar-refractivity contribution in [1.82, 2.24) is 4.90 Å². The van der Waals surface area contributed by atoms with Crippen LogP contribution in [0, 0.1) is 6.92 Å². The number of carbonyl (C=O) groups is 1. The third kappa shape index (κ3) is 4.23. The molecule has 0 radical (unpaired) electrons. The molecule has 3 heteroatoms. The zero-order valence-electron chi connectivity index (χ0n) is 9.87. The Hall–Kier alpha value is -1.02. The number of hydrogen-bond acceptors (Lipinski definition) is 1.